The Morgan fingerprint density at radius 3 is 2.62 bits per heavy atom. The van der Waals surface area contributed by atoms with Crippen LogP contribution in [0.15, 0.2) is 0 Å². The fraction of sp³-hybridized carbons (Fsp3) is 0.846. The van der Waals surface area contributed by atoms with Crippen LogP contribution in [-0.2, 0) is 14.3 Å². The average Bonchev–Trinajstić information content (AvgIpc) is 2.27. The lowest BCUT2D eigenvalue weighted by Crippen LogP contribution is -2.39. The van der Waals surface area contributed by atoms with E-state index in [1.54, 1.807) is 0 Å². The number of carbonyl (C=O) groups excluding carboxylic acids is 2. The Morgan fingerprint density at radius 1 is 1.50 bits per heavy atom. The van der Waals surface area contributed by atoms with Crippen LogP contribution in [-0.4, -0.2) is 18.9 Å². The minimum absolute atomic E-state index is 0.0968. The summed E-state index contributed by atoms with van der Waals surface area (Å²) in [6.07, 6.45) is 2.81. The van der Waals surface area contributed by atoms with Crippen LogP contribution < -0.4 is 0 Å². The lowest BCUT2D eigenvalue weighted by atomic mass is 9.64. The molecule has 0 amide bonds. The summed E-state index contributed by atoms with van der Waals surface area (Å²) in [7, 11) is 1.40. The molecule has 2 atom stereocenters. The second kappa shape index (κ2) is 4.98. The van der Waals surface area contributed by atoms with E-state index in [-0.39, 0.29) is 29.0 Å². The Morgan fingerprint density at radius 2 is 2.12 bits per heavy atom. The lowest BCUT2D eigenvalue weighted by molar-refractivity contribution is -0.153. The van der Waals surface area contributed by atoms with Crippen LogP contribution >= 0.6 is 0 Å². The van der Waals surface area contributed by atoms with Crippen molar-refractivity contribution in [3.8, 4) is 0 Å². The first-order valence-corrected chi connectivity index (χ1v) is 6.02. The van der Waals surface area contributed by atoms with Crippen molar-refractivity contribution in [1.29, 1.82) is 0 Å². The number of esters is 1. The highest BCUT2D eigenvalue weighted by Gasteiger charge is 2.42. The zero-order valence-electron chi connectivity index (χ0n) is 10.7. The first-order valence-electron chi connectivity index (χ1n) is 6.02. The van der Waals surface area contributed by atoms with E-state index in [9.17, 15) is 9.59 Å². The summed E-state index contributed by atoms with van der Waals surface area (Å²) in [5.41, 5.74) is 0.0968. The predicted molar refractivity (Wildman–Crippen MR) is 61.9 cm³/mol. The topological polar surface area (TPSA) is 43.4 Å². The predicted octanol–water partition coefficient (Wildman–Crippen LogP) is 2.58. The number of Topliss-reactive ketones (excluding diaryl/α,β-unsaturated/α-hetero) is 1. The first-order chi connectivity index (χ1) is 7.42. The highest BCUT2D eigenvalue weighted by Crippen LogP contribution is 2.43. The van der Waals surface area contributed by atoms with Gasteiger partial charge in [-0.25, -0.2) is 0 Å². The minimum Gasteiger partial charge on any atom is -0.469 e. The van der Waals surface area contributed by atoms with Gasteiger partial charge >= 0.3 is 5.97 Å². The summed E-state index contributed by atoms with van der Waals surface area (Å²) in [5, 5.41) is 0. The van der Waals surface area contributed by atoms with Crippen molar-refractivity contribution in [2.75, 3.05) is 7.11 Å². The number of carbonyl (C=O) groups is 2. The smallest absolute Gasteiger partial charge is 0.309 e. The molecule has 1 aliphatic carbocycles. The van der Waals surface area contributed by atoms with Gasteiger partial charge in [0.2, 0.25) is 0 Å². The quantitative estimate of drug-likeness (QED) is 0.695. The van der Waals surface area contributed by atoms with Gasteiger partial charge in [-0.2, -0.15) is 0 Å². The summed E-state index contributed by atoms with van der Waals surface area (Å²) in [4.78, 5) is 23.2. The van der Waals surface area contributed by atoms with Crippen molar-refractivity contribution in [3.05, 3.63) is 0 Å². The second-order valence-electron chi connectivity index (χ2n) is 5.36. The molecule has 1 rings (SSSR count). The molecule has 0 radical (unpaired) electrons. The molecule has 1 saturated carbocycles. The van der Waals surface area contributed by atoms with E-state index < -0.39 is 0 Å². The van der Waals surface area contributed by atoms with Gasteiger partial charge in [-0.15, -0.1) is 0 Å². The number of hydrogen-bond donors (Lipinski definition) is 0. The third-order valence-electron chi connectivity index (χ3n) is 4.09. The fourth-order valence-electron chi connectivity index (χ4n) is 2.60. The van der Waals surface area contributed by atoms with Crippen molar-refractivity contribution >= 4 is 11.8 Å². The molecule has 0 aromatic rings. The molecule has 3 nitrogen and oxygen atoms in total. The highest BCUT2D eigenvalue weighted by molar-refractivity contribution is 5.86. The first kappa shape index (κ1) is 13.2. The van der Waals surface area contributed by atoms with E-state index in [0.29, 0.717) is 12.8 Å². The Bertz CT molecular complexity index is 281. The number of hydrogen-bond acceptors (Lipinski definition) is 3. The Hall–Kier alpha value is -0.860. The van der Waals surface area contributed by atoms with Crippen LogP contribution in [0.25, 0.3) is 0 Å². The van der Waals surface area contributed by atoms with Crippen molar-refractivity contribution < 1.29 is 14.3 Å². The van der Waals surface area contributed by atoms with Crippen LogP contribution in [0.3, 0.4) is 0 Å². The van der Waals surface area contributed by atoms with E-state index in [0.717, 1.165) is 12.8 Å². The molecule has 3 heteroatoms. The molecule has 0 aromatic carbocycles. The number of ketones is 1. The molecular formula is C13H22O3. The van der Waals surface area contributed by atoms with Crippen LogP contribution in [0.1, 0.15) is 46.5 Å². The molecule has 0 aromatic heterocycles. The summed E-state index contributed by atoms with van der Waals surface area (Å²) in [5.74, 6) is 0.00183. The lowest BCUT2D eigenvalue weighted by Gasteiger charge is -2.40. The molecule has 1 fully saturated rings. The number of methoxy groups -OCH3 is 1. The Balaban J connectivity index is 2.88. The summed E-state index contributed by atoms with van der Waals surface area (Å²) < 4.78 is 4.82. The largest absolute Gasteiger partial charge is 0.469 e. The molecule has 0 spiro atoms. The second-order valence-corrected chi connectivity index (χ2v) is 5.36. The van der Waals surface area contributed by atoms with E-state index in [2.05, 4.69) is 20.8 Å². The maximum Gasteiger partial charge on any atom is 0.309 e. The molecule has 92 valence electrons. The van der Waals surface area contributed by atoms with Crippen molar-refractivity contribution in [3.63, 3.8) is 0 Å². The summed E-state index contributed by atoms with van der Waals surface area (Å²) in [6.45, 7) is 6.47. The molecule has 0 saturated heterocycles. The molecule has 2 unspecified atom stereocenters. The van der Waals surface area contributed by atoms with Crippen LogP contribution in [0.5, 0.6) is 0 Å². The summed E-state index contributed by atoms with van der Waals surface area (Å²) in [6, 6.07) is 0. The van der Waals surface area contributed by atoms with E-state index in [1.165, 1.54) is 7.11 Å². The Labute approximate surface area is 97.5 Å². The zero-order chi connectivity index (χ0) is 12.3. The third kappa shape index (κ3) is 2.63. The standard InChI is InChI=1S/C13H22O3/c1-5-13(2,3)11-7-6-9(14)8-10(11)12(15)16-4/h10-11H,5-8H2,1-4H3. The van der Waals surface area contributed by atoms with E-state index in [4.69, 9.17) is 4.74 Å². The average molecular weight is 226 g/mol. The highest BCUT2D eigenvalue weighted by atomic mass is 16.5. The molecule has 16 heavy (non-hydrogen) atoms. The van der Waals surface area contributed by atoms with Crippen molar-refractivity contribution in [1.82, 2.24) is 0 Å². The molecule has 1 aliphatic rings. The minimum atomic E-state index is -0.235. The van der Waals surface area contributed by atoms with Gasteiger partial charge in [0.15, 0.2) is 0 Å². The van der Waals surface area contributed by atoms with E-state index >= 15 is 0 Å². The van der Waals surface area contributed by atoms with Gasteiger partial charge < -0.3 is 4.74 Å². The maximum atomic E-state index is 11.7. The monoisotopic (exact) mass is 226 g/mol. The van der Waals surface area contributed by atoms with Crippen LogP contribution in [0.2, 0.25) is 0 Å². The number of rotatable bonds is 3. The van der Waals surface area contributed by atoms with Gasteiger partial charge in [-0.05, 0) is 17.8 Å². The van der Waals surface area contributed by atoms with Gasteiger partial charge in [-0.1, -0.05) is 27.2 Å². The molecule has 0 aliphatic heterocycles. The van der Waals surface area contributed by atoms with Crippen LogP contribution in [0.4, 0.5) is 0 Å². The van der Waals surface area contributed by atoms with Gasteiger partial charge in [-0.3, -0.25) is 9.59 Å². The van der Waals surface area contributed by atoms with Gasteiger partial charge in [0.25, 0.3) is 0 Å². The third-order valence-corrected chi connectivity index (χ3v) is 4.09. The maximum absolute atomic E-state index is 11.7. The SMILES string of the molecule is CCC(C)(C)C1CCC(=O)CC1C(=O)OC. The van der Waals surface area contributed by atoms with Gasteiger partial charge in [0.05, 0.1) is 13.0 Å². The summed E-state index contributed by atoms with van der Waals surface area (Å²) >= 11 is 0. The van der Waals surface area contributed by atoms with Crippen molar-refractivity contribution in [2.45, 2.75) is 46.5 Å². The fourth-order valence-corrected chi connectivity index (χ4v) is 2.60. The zero-order valence-corrected chi connectivity index (χ0v) is 10.7. The molecule has 0 heterocycles. The van der Waals surface area contributed by atoms with Crippen molar-refractivity contribution in [2.24, 2.45) is 17.3 Å². The molecule has 0 bridgehead atoms. The van der Waals surface area contributed by atoms with Crippen LogP contribution in [0, 0.1) is 17.3 Å². The van der Waals surface area contributed by atoms with E-state index in [1.807, 2.05) is 0 Å². The number of ether oxygens (including phenoxy) is 1. The molecular weight excluding hydrogens is 204 g/mol. The molecule has 0 N–H and O–H groups in total. The van der Waals surface area contributed by atoms with Gasteiger partial charge in [0, 0.05) is 12.8 Å². The normalized spacial score (nSPS) is 26.6. The Kier molecular flexibility index (Phi) is 4.11. The van der Waals surface area contributed by atoms with Gasteiger partial charge in [0.1, 0.15) is 5.78 Å².